The van der Waals surface area contributed by atoms with Gasteiger partial charge in [-0.05, 0) is 24.4 Å². The Morgan fingerprint density at radius 1 is 1.28 bits per heavy atom. The van der Waals surface area contributed by atoms with Crippen LogP contribution in [0.3, 0.4) is 0 Å². The van der Waals surface area contributed by atoms with Gasteiger partial charge in [-0.15, -0.1) is 0 Å². The second-order valence-electron chi connectivity index (χ2n) is 7.45. The quantitative estimate of drug-likeness (QED) is 0.684. The summed E-state index contributed by atoms with van der Waals surface area (Å²) in [7, 11) is 1.59. The van der Waals surface area contributed by atoms with E-state index in [0.29, 0.717) is 37.6 Å². The molecule has 1 aromatic heterocycles. The summed E-state index contributed by atoms with van der Waals surface area (Å²) in [5.74, 6) is 1.11. The smallest absolute Gasteiger partial charge is 0.259 e. The van der Waals surface area contributed by atoms with Crippen LogP contribution in [0.5, 0.6) is 0 Å². The van der Waals surface area contributed by atoms with Crippen molar-refractivity contribution in [3.63, 3.8) is 0 Å². The normalized spacial score (nSPS) is 16.4. The molecule has 0 bridgehead atoms. The zero-order chi connectivity index (χ0) is 20.1. The number of oxazole rings is 1. The summed E-state index contributed by atoms with van der Waals surface area (Å²) in [5, 5.41) is 1.92. The monoisotopic (exact) mass is 391 g/mol. The van der Waals surface area contributed by atoms with Crippen molar-refractivity contribution in [1.29, 1.82) is 0 Å². The van der Waals surface area contributed by atoms with Gasteiger partial charge in [-0.25, -0.2) is 4.98 Å². The maximum atomic E-state index is 13.3. The number of fused-ring (bicyclic) bond motifs is 1. The molecule has 0 saturated carbocycles. The number of anilines is 1. The molecule has 7 nitrogen and oxygen atoms in total. The average molecular weight is 391 g/mol. The van der Waals surface area contributed by atoms with Crippen molar-refractivity contribution in [3.8, 4) is 0 Å². The lowest BCUT2D eigenvalue weighted by Crippen LogP contribution is -2.49. The molecule has 7 heteroatoms. The van der Waals surface area contributed by atoms with Crippen molar-refractivity contribution in [2.24, 2.45) is 0 Å². The molecule has 2 aliphatic rings. The lowest BCUT2D eigenvalue weighted by molar-refractivity contribution is -0.133. The van der Waals surface area contributed by atoms with Gasteiger partial charge in [0.05, 0.1) is 12.2 Å². The summed E-state index contributed by atoms with van der Waals surface area (Å²) in [6.45, 7) is 3.02. The van der Waals surface area contributed by atoms with E-state index in [0.717, 1.165) is 27.9 Å². The van der Waals surface area contributed by atoms with Crippen molar-refractivity contribution in [3.05, 3.63) is 59.3 Å². The molecule has 148 valence electrons. The molecule has 1 atom stereocenters. The van der Waals surface area contributed by atoms with Gasteiger partial charge in [-0.1, -0.05) is 24.3 Å². The second kappa shape index (κ2) is 6.70. The molecule has 3 heterocycles. The Labute approximate surface area is 167 Å². The summed E-state index contributed by atoms with van der Waals surface area (Å²) in [5.41, 5.74) is 2.21. The van der Waals surface area contributed by atoms with E-state index in [4.69, 9.17) is 9.15 Å². The number of amides is 2. The standard InChI is InChI=1S/C22H21N3O4/c1-13(21(26)24-10-9-18-16(11-24)23-19(29-18)12-28-2)25-17-8-4-6-14-5-3-7-15(20(14)17)22(25)27/h3-8,13H,9-12H2,1-2H3. The third-order valence-corrected chi connectivity index (χ3v) is 5.69. The van der Waals surface area contributed by atoms with E-state index in [1.807, 2.05) is 36.4 Å². The Hall–Kier alpha value is -3.19. The largest absolute Gasteiger partial charge is 0.443 e. The number of methoxy groups -OCH3 is 1. The van der Waals surface area contributed by atoms with Gasteiger partial charge in [-0.2, -0.15) is 0 Å². The first-order valence-electron chi connectivity index (χ1n) is 9.69. The van der Waals surface area contributed by atoms with Crippen molar-refractivity contribution in [2.45, 2.75) is 32.5 Å². The van der Waals surface area contributed by atoms with E-state index in [-0.39, 0.29) is 11.8 Å². The van der Waals surface area contributed by atoms with Crippen LogP contribution in [0.15, 0.2) is 40.8 Å². The van der Waals surface area contributed by atoms with E-state index < -0.39 is 6.04 Å². The van der Waals surface area contributed by atoms with Gasteiger partial charge < -0.3 is 14.1 Å². The van der Waals surface area contributed by atoms with Gasteiger partial charge in [0.1, 0.15) is 24.1 Å². The zero-order valence-electron chi connectivity index (χ0n) is 16.3. The molecule has 1 unspecified atom stereocenters. The fourth-order valence-corrected chi connectivity index (χ4v) is 4.32. The molecule has 0 aliphatic carbocycles. The topological polar surface area (TPSA) is 75.9 Å². The fourth-order valence-electron chi connectivity index (χ4n) is 4.32. The molecule has 5 rings (SSSR count). The van der Waals surface area contributed by atoms with E-state index in [9.17, 15) is 9.59 Å². The van der Waals surface area contributed by atoms with E-state index in [1.54, 1.807) is 23.8 Å². The van der Waals surface area contributed by atoms with Crippen molar-refractivity contribution in [2.75, 3.05) is 18.6 Å². The number of carbonyl (C=O) groups is 2. The van der Waals surface area contributed by atoms with Crippen LogP contribution in [-0.4, -0.2) is 41.4 Å². The van der Waals surface area contributed by atoms with Crippen LogP contribution in [0.1, 0.15) is 34.6 Å². The number of benzene rings is 2. The highest BCUT2D eigenvalue weighted by Crippen LogP contribution is 2.38. The van der Waals surface area contributed by atoms with E-state index >= 15 is 0 Å². The summed E-state index contributed by atoms with van der Waals surface area (Å²) in [6, 6.07) is 10.9. The van der Waals surface area contributed by atoms with E-state index in [2.05, 4.69) is 4.98 Å². The van der Waals surface area contributed by atoms with Gasteiger partial charge in [0, 0.05) is 31.0 Å². The van der Waals surface area contributed by atoms with Crippen LogP contribution in [0, 0.1) is 0 Å². The maximum Gasteiger partial charge on any atom is 0.259 e. The Balaban J connectivity index is 1.41. The van der Waals surface area contributed by atoms with Crippen LogP contribution < -0.4 is 4.90 Å². The predicted molar refractivity (Wildman–Crippen MR) is 107 cm³/mol. The molecule has 29 heavy (non-hydrogen) atoms. The van der Waals surface area contributed by atoms with Crippen LogP contribution in [0.2, 0.25) is 0 Å². The third-order valence-electron chi connectivity index (χ3n) is 5.69. The molecule has 2 aromatic carbocycles. The summed E-state index contributed by atoms with van der Waals surface area (Å²) in [6.07, 6.45) is 0.605. The number of ether oxygens (including phenoxy) is 1. The molecule has 0 fully saturated rings. The molecule has 2 amide bonds. The molecular weight excluding hydrogens is 370 g/mol. The highest BCUT2D eigenvalue weighted by atomic mass is 16.5. The van der Waals surface area contributed by atoms with Crippen LogP contribution in [0.25, 0.3) is 10.8 Å². The first-order valence-corrected chi connectivity index (χ1v) is 9.69. The minimum Gasteiger partial charge on any atom is -0.443 e. The number of hydrogen-bond donors (Lipinski definition) is 0. The number of aromatic nitrogens is 1. The third kappa shape index (κ3) is 2.73. The molecule has 0 saturated heterocycles. The number of hydrogen-bond acceptors (Lipinski definition) is 5. The minimum absolute atomic E-state index is 0.0925. The summed E-state index contributed by atoms with van der Waals surface area (Å²) in [4.78, 5) is 34.2. The first-order chi connectivity index (χ1) is 14.1. The number of rotatable bonds is 4. The Bertz CT molecular complexity index is 1130. The van der Waals surface area contributed by atoms with Crippen LogP contribution >= 0.6 is 0 Å². The Kier molecular flexibility index (Phi) is 4.13. The van der Waals surface area contributed by atoms with Gasteiger partial charge >= 0.3 is 0 Å². The predicted octanol–water partition coefficient (Wildman–Crippen LogP) is 2.91. The Morgan fingerprint density at radius 2 is 2.07 bits per heavy atom. The molecule has 2 aliphatic heterocycles. The molecular formula is C22H21N3O4. The summed E-state index contributed by atoms with van der Waals surface area (Å²) < 4.78 is 10.8. The number of nitrogens with zero attached hydrogens (tertiary/aromatic N) is 3. The zero-order valence-corrected chi connectivity index (χ0v) is 16.3. The lowest BCUT2D eigenvalue weighted by Gasteiger charge is -2.32. The molecule has 0 N–H and O–H groups in total. The van der Waals surface area contributed by atoms with Gasteiger partial charge in [0.2, 0.25) is 11.8 Å². The molecule has 0 radical (unpaired) electrons. The van der Waals surface area contributed by atoms with Crippen LogP contribution in [-0.2, 0) is 29.1 Å². The lowest BCUT2D eigenvalue weighted by atomic mass is 10.1. The minimum atomic E-state index is -0.604. The van der Waals surface area contributed by atoms with Crippen LogP contribution in [0.4, 0.5) is 5.69 Å². The average Bonchev–Trinajstić information content (AvgIpc) is 3.26. The fraction of sp³-hybridized carbons (Fsp3) is 0.318. The van der Waals surface area contributed by atoms with Gasteiger partial charge in [0.15, 0.2) is 0 Å². The van der Waals surface area contributed by atoms with Crippen molar-refractivity contribution >= 4 is 28.3 Å². The highest BCUT2D eigenvalue weighted by Gasteiger charge is 2.38. The summed E-state index contributed by atoms with van der Waals surface area (Å²) >= 11 is 0. The maximum absolute atomic E-state index is 13.3. The molecule has 0 spiro atoms. The first kappa shape index (κ1) is 17.9. The van der Waals surface area contributed by atoms with Crippen molar-refractivity contribution in [1.82, 2.24) is 9.88 Å². The molecule has 3 aromatic rings. The van der Waals surface area contributed by atoms with E-state index in [1.165, 1.54) is 0 Å². The number of carbonyl (C=O) groups excluding carboxylic acids is 2. The second-order valence-corrected chi connectivity index (χ2v) is 7.45. The van der Waals surface area contributed by atoms with Gasteiger partial charge in [-0.3, -0.25) is 14.5 Å². The Morgan fingerprint density at radius 3 is 2.86 bits per heavy atom. The SMILES string of the molecule is COCc1nc2c(o1)CCN(C(=O)C(C)N1C(=O)c3cccc4cccc1c34)C2. The van der Waals surface area contributed by atoms with Crippen molar-refractivity contribution < 1.29 is 18.7 Å². The van der Waals surface area contributed by atoms with Gasteiger partial charge in [0.25, 0.3) is 5.91 Å². The highest BCUT2D eigenvalue weighted by molar-refractivity contribution is 6.26.